The third-order valence-electron chi connectivity index (χ3n) is 4.65. The van der Waals surface area contributed by atoms with Crippen LogP contribution in [0.2, 0.25) is 5.02 Å². The zero-order valence-corrected chi connectivity index (χ0v) is 19.3. The number of nitrogens with one attached hydrogen (secondary N) is 1. The van der Waals surface area contributed by atoms with Gasteiger partial charge in [-0.3, -0.25) is 4.79 Å². The number of benzene rings is 2. The number of hydrogen-bond acceptors (Lipinski definition) is 6. The average Bonchev–Trinajstić information content (AvgIpc) is 3.25. The molecular weight excluding hydrogens is 465 g/mol. The van der Waals surface area contributed by atoms with E-state index in [1.807, 2.05) is 6.92 Å². The van der Waals surface area contributed by atoms with E-state index < -0.39 is 6.10 Å². The SMILES string of the molecule is CNC(=O)c1ccc(OC(C)c2nc(-c3ccc(F)cc3)oc2Sc2ccc(Cl)cn2)cc1. The highest BCUT2D eigenvalue weighted by Crippen LogP contribution is 2.37. The van der Waals surface area contributed by atoms with Gasteiger partial charge in [-0.25, -0.2) is 14.4 Å². The Bertz CT molecular complexity index is 1250. The van der Waals surface area contributed by atoms with Gasteiger partial charge in [-0.1, -0.05) is 11.6 Å². The van der Waals surface area contributed by atoms with Crippen molar-refractivity contribution in [1.82, 2.24) is 15.3 Å². The van der Waals surface area contributed by atoms with Gasteiger partial charge in [0, 0.05) is 24.4 Å². The van der Waals surface area contributed by atoms with E-state index >= 15 is 0 Å². The zero-order valence-electron chi connectivity index (χ0n) is 17.7. The Morgan fingerprint density at radius 3 is 2.48 bits per heavy atom. The maximum Gasteiger partial charge on any atom is 0.251 e. The molecule has 1 atom stereocenters. The molecule has 0 aliphatic rings. The fourth-order valence-corrected chi connectivity index (χ4v) is 3.95. The third kappa shape index (κ3) is 5.53. The number of ether oxygens (including phenoxy) is 1. The highest BCUT2D eigenvalue weighted by atomic mass is 35.5. The number of aromatic nitrogens is 2. The summed E-state index contributed by atoms with van der Waals surface area (Å²) in [5.41, 5.74) is 1.73. The second kappa shape index (κ2) is 10.1. The number of hydrogen-bond donors (Lipinski definition) is 1. The number of pyridine rings is 1. The molecule has 0 saturated heterocycles. The van der Waals surface area contributed by atoms with Crippen molar-refractivity contribution in [2.24, 2.45) is 0 Å². The molecule has 4 rings (SSSR count). The lowest BCUT2D eigenvalue weighted by Gasteiger charge is -2.13. The lowest BCUT2D eigenvalue weighted by molar-refractivity contribution is 0.0963. The lowest BCUT2D eigenvalue weighted by atomic mass is 10.2. The Morgan fingerprint density at radius 2 is 1.85 bits per heavy atom. The van der Waals surface area contributed by atoms with Crippen LogP contribution in [-0.4, -0.2) is 22.9 Å². The molecule has 6 nitrogen and oxygen atoms in total. The van der Waals surface area contributed by atoms with Gasteiger partial charge in [-0.15, -0.1) is 0 Å². The van der Waals surface area contributed by atoms with Crippen molar-refractivity contribution in [2.75, 3.05) is 7.05 Å². The van der Waals surface area contributed by atoms with E-state index in [2.05, 4.69) is 15.3 Å². The van der Waals surface area contributed by atoms with E-state index in [9.17, 15) is 9.18 Å². The first-order valence-electron chi connectivity index (χ1n) is 9.98. The molecule has 4 aromatic rings. The summed E-state index contributed by atoms with van der Waals surface area (Å²) in [6.45, 7) is 1.85. The van der Waals surface area contributed by atoms with E-state index in [-0.39, 0.29) is 11.7 Å². The molecule has 1 unspecified atom stereocenters. The molecule has 0 fully saturated rings. The minimum atomic E-state index is -0.483. The first kappa shape index (κ1) is 22.8. The van der Waals surface area contributed by atoms with Crippen molar-refractivity contribution in [1.29, 1.82) is 0 Å². The molecule has 2 aromatic carbocycles. The number of carbonyl (C=O) groups excluding carboxylic acids is 1. The minimum Gasteiger partial charge on any atom is -0.484 e. The Kier molecular flexibility index (Phi) is 6.96. The molecule has 0 aliphatic heterocycles. The number of halogens is 2. The first-order valence-corrected chi connectivity index (χ1v) is 11.2. The second-order valence-electron chi connectivity index (χ2n) is 6.98. The number of oxazole rings is 1. The fraction of sp³-hybridized carbons (Fsp3) is 0.125. The molecule has 2 heterocycles. The van der Waals surface area contributed by atoms with Crippen LogP contribution in [0, 0.1) is 5.82 Å². The highest BCUT2D eigenvalue weighted by molar-refractivity contribution is 7.99. The summed E-state index contributed by atoms with van der Waals surface area (Å²) in [6.07, 6.45) is 1.07. The van der Waals surface area contributed by atoms with Gasteiger partial charge < -0.3 is 14.5 Å². The number of rotatable bonds is 7. The molecular formula is C24H19ClFN3O3S. The van der Waals surface area contributed by atoms with Crippen LogP contribution < -0.4 is 10.1 Å². The van der Waals surface area contributed by atoms with Crippen LogP contribution in [0.3, 0.4) is 0 Å². The van der Waals surface area contributed by atoms with Crippen LogP contribution in [0.5, 0.6) is 5.75 Å². The maximum atomic E-state index is 13.4. The molecule has 0 bridgehead atoms. The first-order chi connectivity index (χ1) is 15.9. The summed E-state index contributed by atoms with van der Waals surface area (Å²) in [4.78, 5) is 20.7. The molecule has 168 valence electrons. The largest absolute Gasteiger partial charge is 0.484 e. The van der Waals surface area contributed by atoms with Crippen LogP contribution in [0.15, 0.2) is 81.4 Å². The van der Waals surface area contributed by atoms with Crippen molar-refractivity contribution in [3.8, 4) is 17.2 Å². The van der Waals surface area contributed by atoms with Gasteiger partial charge in [0.2, 0.25) is 5.89 Å². The maximum absolute atomic E-state index is 13.4. The fourth-order valence-electron chi connectivity index (χ4n) is 2.97. The Hall–Kier alpha value is -3.36. The van der Waals surface area contributed by atoms with E-state index in [1.165, 1.54) is 23.9 Å². The Labute approximate surface area is 199 Å². The van der Waals surface area contributed by atoms with Crippen LogP contribution in [0.25, 0.3) is 11.5 Å². The van der Waals surface area contributed by atoms with Gasteiger partial charge in [0.05, 0.1) is 5.02 Å². The quantitative estimate of drug-likeness (QED) is 0.338. The average molecular weight is 484 g/mol. The highest BCUT2D eigenvalue weighted by Gasteiger charge is 2.23. The normalized spacial score (nSPS) is 11.8. The van der Waals surface area contributed by atoms with Crippen molar-refractivity contribution in [3.05, 3.63) is 89.0 Å². The molecule has 0 aliphatic carbocycles. The summed E-state index contributed by atoms with van der Waals surface area (Å²) in [6, 6.07) is 16.2. The second-order valence-corrected chi connectivity index (χ2v) is 8.41. The molecule has 33 heavy (non-hydrogen) atoms. The van der Waals surface area contributed by atoms with E-state index in [4.69, 9.17) is 20.8 Å². The monoisotopic (exact) mass is 483 g/mol. The smallest absolute Gasteiger partial charge is 0.251 e. The zero-order chi connectivity index (χ0) is 23.4. The minimum absolute atomic E-state index is 0.177. The standard InChI is InChI=1S/C24H19ClFN3O3S/c1-14(31-19-10-5-15(6-11-19)22(30)27-2)21-24(33-20-12-7-17(25)13-28-20)32-23(29-21)16-3-8-18(26)9-4-16/h3-14H,1-2H3,(H,27,30). The lowest BCUT2D eigenvalue weighted by Crippen LogP contribution is -2.17. The Balaban J connectivity index is 1.63. The molecule has 1 amide bonds. The van der Waals surface area contributed by atoms with E-state index in [0.29, 0.717) is 43.6 Å². The van der Waals surface area contributed by atoms with Crippen LogP contribution in [0.4, 0.5) is 4.39 Å². The predicted octanol–water partition coefficient (Wildman–Crippen LogP) is 6.18. The van der Waals surface area contributed by atoms with Crippen molar-refractivity contribution < 1.29 is 18.3 Å². The van der Waals surface area contributed by atoms with Gasteiger partial charge in [0.25, 0.3) is 5.91 Å². The van der Waals surface area contributed by atoms with Gasteiger partial charge in [0.1, 0.15) is 28.4 Å². The molecule has 0 spiro atoms. The van der Waals surface area contributed by atoms with Crippen LogP contribution >= 0.6 is 23.4 Å². The summed E-state index contributed by atoms with van der Waals surface area (Å²) >= 11 is 7.22. The summed E-state index contributed by atoms with van der Waals surface area (Å²) in [5.74, 6) is 0.389. The van der Waals surface area contributed by atoms with Crippen LogP contribution in [-0.2, 0) is 0 Å². The molecule has 2 aromatic heterocycles. The van der Waals surface area contributed by atoms with Crippen molar-refractivity contribution >= 4 is 29.3 Å². The molecule has 0 saturated carbocycles. The van der Waals surface area contributed by atoms with Crippen molar-refractivity contribution in [3.63, 3.8) is 0 Å². The molecule has 1 N–H and O–H groups in total. The Morgan fingerprint density at radius 1 is 1.12 bits per heavy atom. The van der Waals surface area contributed by atoms with Gasteiger partial charge in [-0.05, 0) is 79.3 Å². The van der Waals surface area contributed by atoms with Gasteiger partial charge in [0.15, 0.2) is 5.09 Å². The topological polar surface area (TPSA) is 77.2 Å². The number of nitrogens with zero attached hydrogens (tertiary/aromatic N) is 2. The van der Waals surface area contributed by atoms with Crippen molar-refractivity contribution in [2.45, 2.75) is 23.1 Å². The number of carbonyl (C=O) groups is 1. The van der Waals surface area contributed by atoms with E-state index in [1.54, 1.807) is 61.8 Å². The summed E-state index contributed by atoms with van der Waals surface area (Å²) < 4.78 is 25.4. The summed E-state index contributed by atoms with van der Waals surface area (Å²) in [5, 5.41) is 4.28. The van der Waals surface area contributed by atoms with Gasteiger partial charge >= 0.3 is 0 Å². The molecule has 0 radical (unpaired) electrons. The van der Waals surface area contributed by atoms with Crippen LogP contribution in [0.1, 0.15) is 29.1 Å². The predicted molar refractivity (Wildman–Crippen MR) is 124 cm³/mol. The summed E-state index contributed by atoms with van der Waals surface area (Å²) in [7, 11) is 1.58. The molecule has 9 heteroatoms. The van der Waals surface area contributed by atoms with Gasteiger partial charge in [-0.2, -0.15) is 0 Å². The number of amides is 1. The third-order valence-corrected chi connectivity index (χ3v) is 5.80. The van der Waals surface area contributed by atoms with E-state index in [0.717, 1.165) is 0 Å².